The summed E-state index contributed by atoms with van der Waals surface area (Å²) in [6.45, 7) is 5.02. The lowest BCUT2D eigenvalue weighted by Crippen LogP contribution is -2.69. The van der Waals surface area contributed by atoms with Crippen LogP contribution in [-0.4, -0.2) is 30.6 Å². The van der Waals surface area contributed by atoms with Gasteiger partial charge in [0.2, 0.25) is 0 Å². The lowest BCUT2D eigenvalue weighted by molar-refractivity contribution is -0.194. The highest BCUT2D eigenvalue weighted by molar-refractivity contribution is 5.99. The van der Waals surface area contributed by atoms with Gasteiger partial charge in [0.15, 0.2) is 6.10 Å². The molecule has 6 nitrogen and oxygen atoms in total. The lowest BCUT2D eigenvalue weighted by Gasteiger charge is -2.58. The molecule has 1 aliphatic heterocycles. The van der Waals surface area contributed by atoms with Crippen LogP contribution in [0.5, 0.6) is 0 Å². The molecule has 1 aromatic carbocycles. The SMILES string of the molecule is C/C=C\[C@H]1C[C@]2(C(=O)OCC)[C@@H](OC(C)=O)C(=O)N[C@]12c1ccccc1. The highest BCUT2D eigenvalue weighted by atomic mass is 16.6. The minimum absolute atomic E-state index is 0.108. The molecule has 0 bridgehead atoms. The van der Waals surface area contributed by atoms with Crippen LogP contribution < -0.4 is 5.32 Å². The van der Waals surface area contributed by atoms with Crippen molar-refractivity contribution in [2.45, 2.75) is 38.8 Å². The zero-order valence-electron chi connectivity index (χ0n) is 15.2. The second-order valence-electron chi connectivity index (χ2n) is 6.68. The molecule has 0 unspecified atom stereocenters. The van der Waals surface area contributed by atoms with Gasteiger partial charge in [0.1, 0.15) is 5.41 Å². The average Bonchev–Trinajstić information content (AvgIpc) is 2.79. The van der Waals surface area contributed by atoms with Gasteiger partial charge in [0.25, 0.3) is 5.91 Å². The molecule has 1 aliphatic carbocycles. The number of carbonyl (C=O) groups is 3. The van der Waals surface area contributed by atoms with E-state index in [0.29, 0.717) is 6.42 Å². The molecule has 1 aromatic rings. The fourth-order valence-corrected chi connectivity index (χ4v) is 4.48. The standard InChI is InChI=1S/C20H23NO5/c1-4-9-15-12-19(18(24)25-5-2)16(26-13(3)22)17(23)21-20(15,19)14-10-7-6-8-11-14/h4,6-11,15-16H,5,12H2,1-3H3,(H,21,23)/b9-4-/t15-,16-,19+,20+/m0/s1. The molecular formula is C20H23NO5. The summed E-state index contributed by atoms with van der Waals surface area (Å²) >= 11 is 0. The molecule has 0 radical (unpaired) electrons. The molecule has 2 aliphatic rings. The van der Waals surface area contributed by atoms with Crippen LogP contribution in [0.2, 0.25) is 0 Å². The maximum absolute atomic E-state index is 13.1. The monoisotopic (exact) mass is 357 g/mol. The number of allylic oxidation sites excluding steroid dienone is 1. The topological polar surface area (TPSA) is 81.7 Å². The van der Waals surface area contributed by atoms with Gasteiger partial charge in [-0.05, 0) is 25.8 Å². The van der Waals surface area contributed by atoms with Gasteiger partial charge < -0.3 is 14.8 Å². The van der Waals surface area contributed by atoms with Gasteiger partial charge in [-0.15, -0.1) is 0 Å². The van der Waals surface area contributed by atoms with Gasteiger partial charge in [0.05, 0.1) is 12.1 Å². The number of amides is 1. The van der Waals surface area contributed by atoms with E-state index >= 15 is 0 Å². The Kier molecular flexibility index (Phi) is 4.61. The normalized spacial score (nSPS) is 32.5. The van der Waals surface area contributed by atoms with E-state index in [-0.39, 0.29) is 12.5 Å². The molecule has 1 saturated carbocycles. The summed E-state index contributed by atoms with van der Waals surface area (Å²) in [5.74, 6) is -1.70. The van der Waals surface area contributed by atoms with Crippen molar-refractivity contribution in [3.8, 4) is 0 Å². The van der Waals surface area contributed by atoms with Crippen LogP contribution in [0.3, 0.4) is 0 Å². The first-order valence-electron chi connectivity index (χ1n) is 8.78. The quantitative estimate of drug-likeness (QED) is 0.645. The van der Waals surface area contributed by atoms with E-state index < -0.39 is 34.9 Å². The number of nitrogens with one attached hydrogen (secondary N) is 1. The van der Waals surface area contributed by atoms with E-state index in [1.54, 1.807) is 6.92 Å². The fourth-order valence-electron chi connectivity index (χ4n) is 4.48. The molecular weight excluding hydrogens is 334 g/mol. The number of ether oxygens (including phenoxy) is 2. The molecule has 1 saturated heterocycles. The number of carbonyl (C=O) groups excluding carboxylic acids is 3. The summed E-state index contributed by atoms with van der Waals surface area (Å²) < 4.78 is 10.7. The highest BCUT2D eigenvalue weighted by Crippen LogP contribution is 2.66. The molecule has 1 amide bonds. The van der Waals surface area contributed by atoms with Crippen LogP contribution in [0.15, 0.2) is 42.5 Å². The second-order valence-corrected chi connectivity index (χ2v) is 6.68. The third kappa shape index (κ3) is 2.28. The molecule has 138 valence electrons. The number of esters is 2. The lowest BCUT2D eigenvalue weighted by atomic mass is 9.46. The summed E-state index contributed by atoms with van der Waals surface area (Å²) in [6, 6.07) is 9.34. The highest BCUT2D eigenvalue weighted by Gasteiger charge is 2.80. The maximum atomic E-state index is 13.1. The molecule has 4 atom stereocenters. The summed E-state index contributed by atoms with van der Waals surface area (Å²) in [4.78, 5) is 37.5. The van der Waals surface area contributed by atoms with Crippen LogP contribution in [0.1, 0.15) is 32.8 Å². The third-order valence-electron chi connectivity index (χ3n) is 5.39. The van der Waals surface area contributed by atoms with Crippen molar-refractivity contribution in [1.82, 2.24) is 5.32 Å². The minimum atomic E-state index is -1.28. The van der Waals surface area contributed by atoms with Crippen LogP contribution >= 0.6 is 0 Å². The third-order valence-corrected chi connectivity index (χ3v) is 5.39. The van der Waals surface area contributed by atoms with Crippen LogP contribution in [0.25, 0.3) is 0 Å². The molecule has 0 aromatic heterocycles. The first kappa shape index (κ1) is 18.2. The Hall–Kier alpha value is -2.63. The van der Waals surface area contributed by atoms with E-state index in [0.717, 1.165) is 5.56 Å². The van der Waals surface area contributed by atoms with Gasteiger partial charge in [-0.2, -0.15) is 0 Å². The summed E-state index contributed by atoms with van der Waals surface area (Å²) in [6.07, 6.45) is 3.03. The zero-order chi connectivity index (χ0) is 18.9. The largest absolute Gasteiger partial charge is 0.465 e. The van der Waals surface area contributed by atoms with Crippen molar-refractivity contribution in [1.29, 1.82) is 0 Å². The van der Waals surface area contributed by atoms with Crippen LogP contribution in [0, 0.1) is 11.3 Å². The molecule has 0 spiro atoms. The van der Waals surface area contributed by atoms with Crippen LogP contribution in [0.4, 0.5) is 0 Å². The van der Waals surface area contributed by atoms with E-state index in [1.807, 2.05) is 49.4 Å². The molecule has 2 fully saturated rings. The number of fused-ring (bicyclic) bond motifs is 1. The van der Waals surface area contributed by atoms with Crippen molar-refractivity contribution in [2.75, 3.05) is 6.61 Å². The second kappa shape index (κ2) is 6.59. The van der Waals surface area contributed by atoms with Gasteiger partial charge >= 0.3 is 11.9 Å². The summed E-state index contributed by atoms with van der Waals surface area (Å²) in [5.41, 5.74) is -1.48. The number of hydrogen-bond donors (Lipinski definition) is 1. The first-order valence-corrected chi connectivity index (χ1v) is 8.78. The maximum Gasteiger partial charge on any atom is 0.319 e. The van der Waals surface area contributed by atoms with E-state index in [4.69, 9.17) is 9.47 Å². The molecule has 3 rings (SSSR count). The number of benzene rings is 1. The summed E-state index contributed by atoms with van der Waals surface area (Å²) in [7, 11) is 0. The molecule has 26 heavy (non-hydrogen) atoms. The van der Waals surface area contributed by atoms with E-state index in [2.05, 4.69) is 5.32 Å². The van der Waals surface area contributed by atoms with Crippen molar-refractivity contribution in [3.05, 3.63) is 48.0 Å². The Morgan fingerprint density at radius 1 is 1.31 bits per heavy atom. The number of rotatable bonds is 5. The molecule has 1 N–H and O–H groups in total. The molecule has 1 heterocycles. The van der Waals surface area contributed by atoms with Crippen molar-refractivity contribution in [3.63, 3.8) is 0 Å². The Morgan fingerprint density at radius 3 is 2.58 bits per heavy atom. The Bertz CT molecular complexity index is 759. The van der Waals surface area contributed by atoms with Crippen molar-refractivity contribution in [2.24, 2.45) is 11.3 Å². The summed E-state index contributed by atoms with van der Waals surface area (Å²) in [5, 5.41) is 2.99. The number of hydrogen-bond acceptors (Lipinski definition) is 5. The Labute approximate surface area is 152 Å². The Balaban J connectivity index is 2.21. The Morgan fingerprint density at radius 2 is 2.00 bits per heavy atom. The van der Waals surface area contributed by atoms with Gasteiger partial charge in [-0.1, -0.05) is 42.5 Å². The van der Waals surface area contributed by atoms with Gasteiger partial charge in [0, 0.05) is 12.8 Å². The predicted molar refractivity (Wildman–Crippen MR) is 93.8 cm³/mol. The van der Waals surface area contributed by atoms with Gasteiger partial charge in [-0.25, -0.2) is 0 Å². The van der Waals surface area contributed by atoms with E-state index in [1.165, 1.54) is 6.92 Å². The zero-order valence-corrected chi connectivity index (χ0v) is 15.2. The first-order chi connectivity index (χ1) is 12.4. The van der Waals surface area contributed by atoms with Crippen LogP contribution in [-0.2, 0) is 29.4 Å². The smallest absolute Gasteiger partial charge is 0.319 e. The average molecular weight is 357 g/mol. The molecule has 6 heteroatoms. The van der Waals surface area contributed by atoms with Crippen molar-refractivity contribution < 1.29 is 23.9 Å². The fraction of sp³-hybridized carbons (Fsp3) is 0.450. The van der Waals surface area contributed by atoms with E-state index in [9.17, 15) is 14.4 Å². The van der Waals surface area contributed by atoms with Gasteiger partial charge in [-0.3, -0.25) is 14.4 Å². The predicted octanol–water partition coefficient (Wildman–Crippen LogP) is 2.09. The minimum Gasteiger partial charge on any atom is -0.465 e. The van der Waals surface area contributed by atoms with Crippen molar-refractivity contribution >= 4 is 17.8 Å².